The Morgan fingerprint density at radius 3 is 2.68 bits per heavy atom. The number of rotatable bonds is 2. The minimum Gasteiger partial charge on any atom is -0.383 e. The van der Waals surface area contributed by atoms with Gasteiger partial charge in [-0.3, -0.25) is 4.79 Å². The molecular formula is C26H37N3O2. The minimum absolute atomic E-state index is 0.118. The molecule has 4 unspecified atom stereocenters. The molecule has 1 heterocycles. The maximum Gasteiger partial charge on any atom is 0.155 e. The summed E-state index contributed by atoms with van der Waals surface area (Å²) in [7, 11) is 0. The maximum atomic E-state index is 12.1. The smallest absolute Gasteiger partial charge is 0.155 e. The van der Waals surface area contributed by atoms with E-state index in [1.54, 1.807) is 0 Å². The van der Waals surface area contributed by atoms with Crippen LogP contribution in [0.4, 0.5) is 0 Å². The first kappa shape index (κ1) is 20.1. The van der Waals surface area contributed by atoms with Gasteiger partial charge >= 0.3 is 0 Å². The first-order valence-corrected chi connectivity index (χ1v) is 12.9. The van der Waals surface area contributed by atoms with E-state index in [4.69, 9.17) is 0 Å². The predicted octanol–water partition coefficient (Wildman–Crippen LogP) is 5.11. The molecular weight excluding hydrogens is 386 g/mol. The van der Waals surface area contributed by atoms with Gasteiger partial charge in [-0.1, -0.05) is 37.0 Å². The molecule has 0 aromatic carbocycles. The number of allylic oxidation sites excluding steroid dienone is 1. The van der Waals surface area contributed by atoms with Crippen molar-refractivity contribution in [3.05, 3.63) is 23.5 Å². The van der Waals surface area contributed by atoms with Gasteiger partial charge in [-0.2, -0.15) is 0 Å². The van der Waals surface area contributed by atoms with Crippen molar-refractivity contribution in [3.8, 4) is 0 Å². The minimum atomic E-state index is -0.853. The first-order chi connectivity index (χ1) is 15.0. The molecule has 1 aromatic rings. The van der Waals surface area contributed by atoms with Gasteiger partial charge in [-0.25, -0.2) is 4.68 Å². The summed E-state index contributed by atoms with van der Waals surface area (Å²) in [5, 5.41) is 21.2. The van der Waals surface area contributed by atoms with Gasteiger partial charge in [0.05, 0.1) is 12.2 Å². The Morgan fingerprint density at radius 1 is 1.00 bits per heavy atom. The third-order valence-corrected chi connectivity index (χ3v) is 10.3. The van der Waals surface area contributed by atoms with Gasteiger partial charge in [-0.05, 0) is 87.5 Å². The summed E-state index contributed by atoms with van der Waals surface area (Å²) in [6.07, 6.45) is 18.5. The summed E-state index contributed by atoms with van der Waals surface area (Å²) in [5.74, 6) is 2.88. The van der Waals surface area contributed by atoms with Crippen LogP contribution in [0.1, 0.15) is 102 Å². The Balaban J connectivity index is 1.27. The van der Waals surface area contributed by atoms with E-state index in [2.05, 4.69) is 28.1 Å². The number of carbonyl (C=O) groups excluding carboxylic acids is 1. The van der Waals surface area contributed by atoms with Gasteiger partial charge in [0.25, 0.3) is 0 Å². The van der Waals surface area contributed by atoms with E-state index in [9.17, 15) is 9.90 Å². The van der Waals surface area contributed by atoms with Crippen molar-refractivity contribution in [1.29, 1.82) is 0 Å². The molecule has 5 heteroatoms. The van der Waals surface area contributed by atoms with Crippen molar-refractivity contribution >= 4 is 5.78 Å². The average molecular weight is 424 g/mol. The largest absolute Gasteiger partial charge is 0.383 e. The summed E-state index contributed by atoms with van der Waals surface area (Å²) >= 11 is 0. The van der Waals surface area contributed by atoms with Gasteiger partial charge < -0.3 is 5.11 Å². The molecule has 6 atom stereocenters. The SMILES string of the molecule is C[C@]12CCC3C4CCC(=O)C=C4CCC3C1CC[C@@]2(O)c1cn(C2CCCCC2)nn1. The number of aromatic nitrogens is 3. The van der Waals surface area contributed by atoms with Crippen LogP contribution in [0.3, 0.4) is 0 Å². The molecule has 0 saturated heterocycles. The molecule has 4 saturated carbocycles. The zero-order valence-electron chi connectivity index (χ0n) is 18.9. The normalized spacial score (nSPS) is 43.2. The number of ketones is 1. The molecule has 0 bridgehead atoms. The fourth-order valence-corrected chi connectivity index (χ4v) is 8.61. The van der Waals surface area contributed by atoms with Crippen molar-refractivity contribution in [2.24, 2.45) is 29.1 Å². The molecule has 0 spiro atoms. The van der Waals surface area contributed by atoms with Crippen molar-refractivity contribution in [2.75, 3.05) is 0 Å². The van der Waals surface area contributed by atoms with E-state index in [1.807, 2.05) is 6.08 Å². The van der Waals surface area contributed by atoms with E-state index < -0.39 is 5.60 Å². The molecule has 5 aliphatic rings. The predicted molar refractivity (Wildman–Crippen MR) is 118 cm³/mol. The third kappa shape index (κ3) is 2.94. The van der Waals surface area contributed by atoms with E-state index in [0.717, 1.165) is 44.2 Å². The van der Waals surface area contributed by atoms with Crippen LogP contribution >= 0.6 is 0 Å². The van der Waals surface area contributed by atoms with Gasteiger partial charge in [0, 0.05) is 11.8 Å². The summed E-state index contributed by atoms with van der Waals surface area (Å²) in [5.41, 5.74) is 1.28. The lowest BCUT2D eigenvalue weighted by molar-refractivity contribution is -0.126. The van der Waals surface area contributed by atoms with Crippen molar-refractivity contribution in [2.45, 2.75) is 102 Å². The van der Waals surface area contributed by atoms with Crippen LogP contribution in [0.5, 0.6) is 0 Å². The zero-order chi connectivity index (χ0) is 21.2. The van der Waals surface area contributed by atoms with E-state index >= 15 is 0 Å². The summed E-state index contributed by atoms with van der Waals surface area (Å²) < 4.78 is 2.06. The molecule has 0 amide bonds. The van der Waals surface area contributed by atoms with Crippen molar-refractivity contribution < 1.29 is 9.90 Å². The molecule has 1 N–H and O–H groups in total. The highest BCUT2D eigenvalue weighted by Gasteiger charge is 2.63. The lowest BCUT2D eigenvalue weighted by atomic mass is 9.50. The van der Waals surface area contributed by atoms with Crippen LogP contribution in [0.2, 0.25) is 0 Å². The second-order valence-electron chi connectivity index (χ2n) is 11.5. The zero-order valence-corrected chi connectivity index (χ0v) is 18.9. The fraction of sp³-hybridized carbons (Fsp3) is 0.808. The van der Waals surface area contributed by atoms with Crippen molar-refractivity contribution in [3.63, 3.8) is 0 Å². The van der Waals surface area contributed by atoms with Crippen LogP contribution in [0.25, 0.3) is 0 Å². The lowest BCUT2D eigenvalue weighted by Crippen LogP contribution is -2.51. The van der Waals surface area contributed by atoms with Crippen LogP contribution in [-0.4, -0.2) is 25.9 Å². The number of aliphatic hydroxyl groups is 1. The Hall–Kier alpha value is -1.49. The standard InChI is InChI=1S/C26H37N3O2/c1-25-13-11-21-20-10-8-19(30)15-17(20)7-9-22(21)23(25)12-14-26(25,31)24-16-29(28-27-24)18-5-3-2-4-6-18/h15-16,18,20-23,31H,2-14H2,1H3/t20?,21?,22?,23?,25-,26+/m0/s1. The quantitative estimate of drug-likeness (QED) is 0.717. The van der Waals surface area contributed by atoms with Gasteiger partial charge in [0.2, 0.25) is 0 Å². The molecule has 0 aliphatic heterocycles. The summed E-state index contributed by atoms with van der Waals surface area (Å²) in [6.45, 7) is 2.34. The van der Waals surface area contributed by atoms with Crippen LogP contribution < -0.4 is 0 Å². The Kier molecular flexibility index (Phi) is 4.72. The number of hydrogen-bond donors (Lipinski definition) is 1. The number of fused-ring (bicyclic) bond motifs is 5. The first-order valence-electron chi connectivity index (χ1n) is 12.9. The summed E-state index contributed by atoms with van der Waals surface area (Å²) in [6, 6.07) is 0.455. The number of carbonyl (C=O) groups is 1. The molecule has 5 nitrogen and oxygen atoms in total. The number of hydrogen-bond acceptors (Lipinski definition) is 4. The highest BCUT2D eigenvalue weighted by Crippen LogP contribution is 2.67. The van der Waals surface area contributed by atoms with E-state index in [1.165, 1.54) is 50.5 Å². The average Bonchev–Trinajstić information content (AvgIpc) is 3.38. The molecule has 1 aromatic heterocycles. The Labute approximate surface area is 185 Å². The summed E-state index contributed by atoms with van der Waals surface area (Å²) in [4.78, 5) is 11.9. The highest BCUT2D eigenvalue weighted by atomic mass is 16.3. The monoisotopic (exact) mass is 423 g/mol. The van der Waals surface area contributed by atoms with E-state index in [-0.39, 0.29) is 5.41 Å². The van der Waals surface area contributed by atoms with Gasteiger partial charge in [0.1, 0.15) is 11.3 Å². The van der Waals surface area contributed by atoms with Crippen molar-refractivity contribution in [1.82, 2.24) is 15.0 Å². The molecule has 4 fully saturated rings. The lowest BCUT2D eigenvalue weighted by Gasteiger charge is -2.55. The number of nitrogens with zero attached hydrogens (tertiary/aromatic N) is 3. The Morgan fingerprint density at radius 2 is 1.84 bits per heavy atom. The second kappa shape index (κ2) is 7.26. The van der Waals surface area contributed by atoms with Crippen LogP contribution in [-0.2, 0) is 10.4 Å². The molecule has 0 radical (unpaired) electrons. The van der Waals surface area contributed by atoms with Gasteiger partial charge in [-0.15, -0.1) is 5.10 Å². The molecule has 168 valence electrons. The Bertz CT molecular complexity index is 900. The second-order valence-corrected chi connectivity index (χ2v) is 11.5. The van der Waals surface area contributed by atoms with Crippen LogP contribution in [0.15, 0.2) is 17.8 Å². The third-order valence-electron chi connectivity index (χ3n) is 10.3. The fourth-order valence-electron chi connectivity index (χ4n) is 8.61. The van der Waals surface area contributed by atoms with Gasteiger partial charge in [0.15, 0.2) is 5.78 Å². The topological polar surface area (TPSA) is 68.0 Å². The molecule has 6 rings (SSSR count). The molecule has 31 heavy (non-hydrogen) atoms. The molecule has 5 aliphatic carbocycles. The van der Waals surface area contributed by atoms with E-state index in [0.29, 0.717) is 35.5 Å². The highest BCUT2D eigenvalue weighted by molar-refractivity contribution is 5.91. The van der Waals surface area contributed by atoms with Crippen LogP contribution in [0, 0.1) is 29.1 Å². The maximum absolute atomic E-state index is 12.1.